The minimum Gasteiger partial charge on any atom is -0.358 e. The largest absolute Gasteiger partial charge is 0.358 e. The van der Waals surface area contributed by atoms with Crippen molar-refractivity contribution in [1.82, 2.24) is 20.3 Å². The van der Waals surface area contributed by atoms with Crippen LogP contribution in [0, 0.1) is 0 Å². The van der Waals surface area contributed by atoms with E-state index in [4.69, 9.17) is 0 Å². The standard InChI is InChI=1S/C17H18N4O/c1-2-12(10-19-11-22)14-3-4-15-16(9-14)21-17(20-15)13-5-7-18-8-6-13/h3-9,11-12H,2,10H2,1H3,(H,19,22)(H,20,21). The van der Waals surface area contributed by atoms with Gasteiger partial charge in [-0.2, -0.15) is 0 Å². The number of H-pyrrole nitrogens is 1. The molecule has 5 nitrogen and oxygen atoms in total. The Kier molecular flexibility index (Phi) is 4.14. The van der Waals surface area contributed by atoms with Gasteiger partial charge >= 0.3 is 0 Å². The number of carbonyl (C=O) groups excluding carboxylic acids is 1. The fourth-order valence-electron chi connectivity index (χ4n) is 2.62. The zero-order chi connectivity index (χ0) is 15.4. The highest BCUT2D eigenvalue weighted by molar-refractivity contribution is 5.80. The Morgan fingerprint density at radius 1 is 1.27 bits per heavy atom. The first-order valence-electron chi connectivity index (χ1n) is 7.39. The van der Waals surface area contributed by atoms with Gasteiger partial charge in [-0.25, -0.2) is 4.98 Å². The van der Waals surface area contributed by atoms with E-state index in [1.165, 1.54) is 5.56 Å². The zero-order valence-corrected chi connectivity index (χ0v) is 12.4. The topological polar surface area (TPSA) is 70.7 Å². The average molecular weight is 294 g/mol. The van der Waals surface area contributed by atoms with E-state index in [9.17, 15) is 4.79 Å². The van der Waals surface area contributed by atoms with Crippen LogP contribution >= 0.6 is 0 Å². The van der Waals surface area contributed by atoms with Crippen LogP contribution in [0.15, 0.2) is 42.7 Å². The van der Waals surface area contributed by atoms with Gasteiger partial charge in [0.1, 0.15) is 5.82 Å². The molecule has 3 rings (SSSR count). The number of hydrogen-bond donors (Lipinski definition) is 2. The maximum atomic E-state index is 10.5. The molecule has 112 valence electrons. The third kappa shape index (κ3) is 2.83. The molecule has 2 aromatic heterocycles. The smallest absolute Gasteiger partial charge is 0.207 e. The molecule has 0 aliphatic rings. The van der Waals surface area contributed by atoms with Crippen molar-refractivity contribution >= 4 is 17.4 Å². The lowest BCUT2D eigenvalue weighted by atomic mass is 9.96. The van der Waals surface area contributed by atoms with Crippen LogP contribution in [0.3, 0.4) is 0 Å². The van der Waals surface area contributed by atoms with Crippen molar-refractivity contribution in [3.05, 3.63) is 48.3 Å². The van der Waals surface area contributed by atoms with E-state index < -0.39 is 0 Å². The Morgan fingerprint density at radius 3 is 2.82 bits per heavy atom. The van der Waals surface area contributed by atoms with Crippen molar-refractivity contribution in [1.29, 1.82) is 0 Å². The van der Waals surface area contributed by atoms with Crippen LogP contribution < -0.4 is 5.32 Å². The summed E-state index contributed by atoms with van der Waals surface area (Å²) < 4.78 is 0. The number of pyridine rings is 1. The average Bonchev–Trinajstić information content (AvgIpc) is 3.00. The summed E-state index contributed by atoms with van der Waals surface area (Å²) in [7, 11) is 0. The van der Waals surface area contributed by atoms with Crippen LogP contribution in [-0.2, 0) is 4.79 Å². The van der Waals surface area contributed by atoms with Gasteiger partial charge in [-0.15, -0.1) is 0 Å². The van der Waals surface area contributed by atoms with E-state index in [1.807, 2.05) is 18.2 Å². The van der Waals surface area contributed by atoms with Crippen molar-refractivity contribution in [3.8, 4) is 11.4 Å². The molecule has 0 saturated carbocycles. The summed E-state index contributed by atoms with van der Waals surface area (Å²) in [6.07, 6.45) is 5.23. The van der Waals surface area contributed by atoms with Crippen molar-refractivity contribution < 1.29 is 4.79 Å². The first-order valence-corrected chi connectivity index (χ1v) is 7.39. The number of carbonyl (C=O) groups is 1. The molecule has 0 bridgehead atoms. The number of amides is 1. The summed E-state index contributed by atoms with van der Waals surface area (Å²) in [6.45, 7) is 2.77. The molecule has 2 heterocycles. The number of aromatic nitrogens is 3. The fraction of sp³-hybridized carbons (Fsp3) is 0.235. The molecule has 3 aromatic rings. The number of benzene rings is 1. The molecule has 1 atom stereocenters. The summed E-state index contributed by atoms with van der Waals surface area (Å²) in [4.78, 5) is 22.5. The van der Waals surface area contributed by atoms with E-state index >= 15 is 0 Å². The number of rotatable bonds is 6. The minimum absolute atomic E-state index is 0.308. The highest BCUT2D eigenvalue weighted by Gasteiger charge is 2.11. The highest BCUT2D eigenvalue weighted by atomic mass is 16.1. The van der Waals surface area contributed by atoms with Crippen LogP contribution in [0.4, 0.5) is 0 Å². The van der Waals surface area contributed by atoms with Gasteiger partial charge in [-0.1, -0.05) is 13.0 Å². The summed E-state index contributed by atoms with van der Waals surface area (Å²) in [5, 5.41) is 2.76. The SMILES string of the molecule is CCC(CNC=O)c1ccc2nc(-c3ccncc3)[nH]c2c1. The summed E-state index contributed by atoms with van der Waals surface area (Å²) in [5.41, 5.74) is 4.17. The summed E-state index contributed by atoms with van der Waals surface area (Å²) in [5.74, 6) is 1.15. The second-order valence-electron chi connectivity index (χ2n) is 5.23. The molecule has 0 saturated heterocycles. The van der Waals surface area contributed by atoms with E-state index in [0.29, 0.717) is 12.5 Å². The van der Waals surface area contributed by atoms with Gasteiger partial charge in [-0.05, 0) is 36.2 Å². The molecular formula is C17H18N4O. The molecule has 2 N–H and O–H groups in total. The highest BCUT2D eigenvalue weighted by Crippen LogP contribution is 2.25. The summed E-state index contributed by atoms with van der Waals surface area (Å²) >= 11 is 0. The molecule has 5 heteroatoms. The molecule has 1 aromatic carbocycles. The number of nitrogens with zero attached hydrogens (tertiary/aromatic N) is 2. The van der Waals surface area contributed by atoms with Crippen molar-refractivity contribution in [2.75, 3.05) is 6.54 Å². The second kappa shape index (κ2) is 6.39. The van der Waals surface area contributed by atoms with Crippen LogP contribution in [0.2, 0.25) is 0 Å². The lowest BCUT2D eigenvalue weighted by molar-refractivity contribution is -0.109. The van der Waals surface area contributed by atoms with Gasteiger partial charge in [-0.3, -0.25) is 9.78 Å². The van der Waals surface area contributed by atoms with Gasteiger partial charge in [0.05, 0.1) is 11.0 Å². The van der Waals surface area contributed by atoms with E-state index in [2.05, 4.69) is 39.3 Å². The lowest BCUT2D eigenvalue weighted by Crippen LogP contribution is -2.19. The predicted octanol–water partition coefficient (Wildman–Crippen LogP) is 2.86. The van der Waals surface area contributed by atoms with Crippen LogP contribution in [0.5, 0.6) is 0 Å². The Hall–Kier alpha value is -2.69. The Morgan fingerprint density at radius 2 is 2.09 bits per heavy atom. The number of nitrogens with one attached hydrogen (secondary N) is 2. The van der Waals surface area contributed by atoms with Crippen molar-refractivity contribution in [2.24, 2.45) is 0 Å². The summed E-state index contributed by atoms with van der Waals surface area (Å²) in [6, 6.07) is 10.1. The zero-order valence-electron chi connectivity index (χ0n) is 12.4. The first-order chi connectivity index (χ1) is 10.8. The van der Waals surface area contributed by atoms with Crippen LogP contribution in [-0.4, -0.2) is 27.9 Å². The fourth-order valence-corrected chi connectivity index (χ4v) is 2.62. The molecule has 0 spiro atoms. The second-order valence-corrected chi connectivity index (χ2v) is 5.23. The first kappa shape index (κ1) is 14.3. The van der Waals surface area contributed by atoms with E-state index in [-0.39, 0.29) is 0 Å². The van der Waals surface area contributed by atoms with Gasteiger partial charge < -0.3 is 10.3 Å². The molecule has 0 radical (unpaired) electrons. The number of imidazole rings is 1. The van der Waals surface area contributed by atoms with Crippen molar-refractivity contribution in [2.45, 2.75) is 19.3 Å². The molecule has 1 amide bonds. The Bertz CT molecular complexity index is 767. The molecule has 0 aliphatic heterocycles. The molecule has 0 fully saturated rings. The van der Waals surface area contributed by atoms with E-state index in [1.54, 1.807) is 12.4 Å². The maximum Gasteiger partial charge on any atom is 0.207 e. The maximum absolute atomic E-state index is 10.5. The van der Waals surface area contributed by atoms with Gasteiger partial charge in [0.25, 0.3) is 0 Å². The van der Waals surface area contributed by atoms with Gasteiger partial charge in [0, 0.05) is 30.4 Å². The van der Waals surface area contributed by atoms with Crippen molar-refractivity contribution in [3.63, 3.8) is 0 Å². The molecule has 22 heavy (non-hydrogen) atoms. The lowest BCUT2D eigenvalue weighted by Gasteiger charge is -2.14. The number of aromatic amines is 1. The normalized spacial score (nSPS) is 12.2. The van der Waals surface area contributed by atoms with E-state index in [0.717, 1.165) is 35.3 Å². The molecule has 0 aliphatic carbocycles. The van der Waals surface area contributed by atoms with Crippen LogP contribution in [0.25, 0.3) is 22.4 Å². The number of fused-ring (bicyclic) bond motifs is 1. The third-order valence-electron chi connectivity index (χ3n) is 3.87. The quantitative estimate of drug-likeness (QED) is 0.687. The van der Waals surface area contributed by atoms with Gasteiger partial charge in [0.2, 0.25) is 6.41 Å². The van der Waals surface area contributed by atoms with Gasteiger partial charge in [0.15, 0.2) is 0 Å². The van der Waals surface area contributed by atoms with Crippen LogP contribution in [0.1, 0.15) is 24.8 Å². The molecular weight excluding hydrogens is 276 g/mol. The molecule has 1 unspecified atom stereocenters. The monoisotopic (exact) mass is 294 g/mol. The number of hydrogen-bond acceptors (Lipinski definition) is 3. The third-order valence-corrected chi connectivity index (χ3v) is 3.87. The predicted molar refractivity (Wildman–Crippen MR) is 86.4 cm³/mol. The Balaban J connectivity index is 1.94. The minimum atomic E-state index is 0.308. The Labute approximate surface area is 128 Å².